The van der Waals surface area contributed by atoms with Gasteiger partial charge in [0.05, 0.1) is 12.8 Å². The zero-order chi connectivity index (χ0) is 9.52. The fraction of sp³-hybridized carbons (Fsp3) is 0.200. The normalized spacial score (nSPS) is 10.2. The predicted molar refractivity (Wildman–Crippen MR) is 52.5 cm³/mol. The summed E-state index contributed by atoms with van der Waals surface area (Å²) < 4.78 is 0. The van der Waals surface area contributed by atoms with Gasteiger partial charge >= 0.3 is 0 Å². The van der Waals surface area contributed by atoms with E-state index in [2.05, 4.69) is 10.5 Å². The number of ketones is 1. The summed E-state index contributed by atoms with van der Waals surface area (Å²) in [6.07, 6.45) is 1.27. The molecule has 3 nitrogen and oxygen atoms in total. The van der Waals surface area contributed by atoms with E-state index in [1.54, 1.807) is 0 Å². The Balaban J connectivity index is 2.32. The Labute approximate surface area is 77.5 Å². The highest BCUT2D eigenvalue weighted by atomic mass is 16.1. The molecule has 0 atom stereocenters. The van der Waals surface area contributed by atoms with E-state index in [9.17, 15) is 4.79 Å². The van der Waals surface area contributed by atoms with Crippen molar-refractivity contribution >= 4 is 12.0 Å². The first-order chi connectivity index (χ1) is 6.29. The summed E-state index contributed by atoms with van der Waals surface area (Å²) in [5.41, 5.74) is 3.92. The highest BCUT2D eigenvalue weighted by Gasteiger charge is 1.87. The molecule has 0 spiro atoms. The number of carbonyl (C=O) groups is 1. The third kappa shape index (κ3) is 4.06. The molecule has 0 unspecified atom stereocenters. The topological polar surface area (TPSA) is 41.5 Å². The first-order valence-electron chi connectivity index (χ1n) is 4.09. The molecule has 1 N–H and O–H groups in total. The maximum Gasteiger partial charge on any atom is 0.172 e. The van der Waals surface area contributed by atoms with Crippen molar-refractivity contribution in [2.75, 3.05) is 0 Å². The van der Waals surface area contributed by atoms with Gasteiger partial charge in [-0.05, 0) is 5.56 Å². The van der Waals surface area contributed by atoms with Gasteiger partial charge in [0.2, 0.25) is 0 Å². The molecule has 0 saturated carbocycles. The molecule has 0 amide bonds. The fourth-order valence-electron chi connectivity index (χ4n) is 0.869. The van der Waals surface area contributed by atoms with Gasteiger partial charge in [-0.2, -0.15) is 5.10 Å². The third-order valence-electron chi connectivity index (χ3n) is 1.46. The molecule has 0 aromatic heterocycles. The smallest absolute Gasteiger partial charge is 0.172 e. The molecule has 1 aromatic carbocycles. The standard InChI is InChI=1S/C10H12N2O/c1-9(13)7-11-12-8-10-5-3-2-4-6-10/h2-7,12H,8H2,1H3/b11-7+. The van der Waals surface area contributed by atoms with Crippen LogP contribution in [0.5, 0.6) is 0 Å². The Morgan fingerprint density at radius 3 is 2.77 bits per heavy atom. The van der Waals surface area contributed by atoms with E-state index >= 15 is 0 Å². The number of hydrogen-bond donors (Lipinski definition) is 1. The van der Waals surface area contributed by atoms with Gasteiger partial charge in [-0.3, -0.25) is 4.79 Å². The largest absolute Gasteiger partial charge is 0.306 e. The minimum absolute atomic E-state index is 0.0550. The second-order valence-electron chi connectivity index (χ2n) is 2.69. The fourth-order valence-corrected chi connectivity index (χ4v) is 0.869. The molecule has 0 aliphatic rings. The lowest BCUT2D eigenvalue weighted by atomic mass is 10.2. The van der Waals surface area contributed by atoms with Crippen LogP contribution in [-0.2, 0) is 11.3 Å². The van der Waals surface area contributed by atoms with Crippen molar-refractivity contribution in [2.24, 2.45) is 5.10 Å². The van der Waals surface area contributed by atoms with Crippen LogP contribution in [-0.4, -0.2) is 12.0 Å². The Morgan fingerprint density at radius 2 is 2.15 bits per heavy atom. The average molecular weight is 176 g/mol. The lowest BCUT2D eigenvalue weighted by molar-refractivity contribution is -0.110. The van der Waals surface area contributed by atoms with Crippen LogP contribution in [0.4, 0.5) is 0 Å². The molecule has 0 heterocycles. The quantitative estimate of drug-likeness (QED) is 0.555. The van der Waals surface area contributed by atoms with Gasteiger partial charge < -0.3 is 5.43 Å². The zero-order valence-corrected chi connectivity index (χ0v) is 7.53. The van der Waals surface area contributed by atoms with E-state index in [1.165, 1.54) is 13.1 Å². The Kier molecular flexibility index (Phi) is 3.70. The molecule has 0 bridgehead atoms. The summed E-state index contributed by atoms with van der Waals surface area (Å²) in [5.74, 6) is -0.0550. The zero-order valence-electron chi connectivity index (χ0n) is 7.53. The molecule has 68 valence electrons. The van der Waals surface area contributed by atoms with Crippen molar-refractivity contribution in [3.05, 3.63) is 35.9 Å². The van der Waals surface area contributed by atoms with Gasteiger partial charge in [-0.1, -0.05) is 30.3 Å². The van der Waals surface area contributed by atoms with Crippen molar-refractivity contribution in [2.45, 2.75) is 13.5 Å². The van der Waals surface area contributed by atoms with Crippen molar-refractivity contribution < 1.29 is 4.79 Å². The molecule has 0 aliphatic carbocycles. The Bertz CT molecular complexity index is 293. The van der Waals surface area contributed by atoms with E-state index in [0.717, 1.165) is 5.56 Å². The molecule has 13 heavy (non-hydrogen) atoms. The van der Waals surface area contributed by atoms with E-state index in [0.29, 0.717) is 6.54 Å². The van der Waals surface area contributed by atoms with E-state index in [1.807, 2.05) is 30.3 Å². The molecule has 1 aromatic rings. The summed E-state index contributed by atoms with van der Waals surface area (Å²) in [7, 11) is 0. The van der Waals surface area contributed by atoms with Crippen LogP contribution in [0.2, 0.25) is 0 Å². The summed E-state index contributed by atoms with van der Waals surface area (Å²) in [4.78, 5) is 10.5. The number of benzene rings is 1. The van der Waals surface area contributed by atoms with E-state index < -0.39 is 0 Å². The van der Waals surface area contributed by atoms with E-state index in [4.69, 9.17) is 0 Å². The average Bonchev–Trinajstić information content (AvgIpc) is 2.14. The second-order valence-corrected chi connectivity index (χ2v) is 2.69. The van der Waals surface area contributed by atoms with Gasteiger partial charge in [0.15, 0.2) is 5.78 Å². The van der Waals surface area contributed by atoms with Crippen LogP contribution in [0.1, 0.15) is 12.5 Å². The monoisotopic (exact) mass is 176 g/mol. The summed E-state index contributed by atoms with van der Waals surface area (Å²) >= 11 is 0. The molecule has 0 aliphatic heterocycles. The molecular weight excluding hydrogens is 164 g/mol. The van der Waals surface area contributed by atoms with Crippen LogP contribution in [0, 0.1) is 0 Å². The van der Waals surface area contributed by atoms with Crippen molar-refractivity contribution in [3.8, 4) is 0 Å². The predicted octanol–water partition coefficient (Wildman–Crippen LogP) is 1.35. The number of hydrazone groups is 1. The second kappa shape index (κ2) is 5.09. The Morgan fingerprint density at radius 1 is 1.46 bits per heavy atom. The molecule has 0 saturated heterocycles. The van der Waals surface area contributed by atoms with Crippen molar-refractivity contribution in [1.29, 1.82) is 0 Å². The van der Waals surface area contributed by atoms with Crippen molar-refractivity contribution in [1.82, 2.24) is 5.43 Å². The first-order valence-corrected chi connectivity index (χ1v) is 4.09. The maximum atomic E-state index is 10.5. The summed E-state index contributed by atoms with van der Waals surface area (Å²) in [6.45, 7) is 2.11. The first kappa shape index (κ1) is 9.45. The summed E-state index contributed by atoms with van der Waals surface area (Å²) in [5, 5.41) is 3.74. The van der Waals surface area contributed by atoms with Gasteiger partial charge in [-0.25, -0.2) is 0 Å². The number of carbonyl (C=O) groups excluding carboxylic acids is 1. The third-order valence-corrected chi connectivity index (χ3v) is 1.46. The minimum atomic E-state index is -0.0550. The lowest BCUT2D eigenvalue weighted by Crippen LogP contribution is -2.06. The highest BCUT2D eigenvalue weighted by Crippen LogP contribution is 1.96. The lowest BCUT2D eigenvalue weighted by Gasteiger charge is -1.98. The van der Waals surface area contributed by atoms with Crippen molar-refractivity contribution in [3.63, 3.8) is 0 Å². The molecule has 1 rings (SSSR count). The Hall–Kier alpha value is -1.64. The highest BCUT2D eigenvalue weighted by molar-refractivity contribution is 6.26. The molecule has 0 radical (unpaired) electrons. The number of Topliss-reactive ketones (excluding diaryl/α,β-unsaturated/α-hetero) is 1. The number of rotatable bonds is 4. The molecule has 3 heteroatoms. The molecular formula is C10H12N2O. The van der Waals surface area contributed by atoms with Gasteiger partial charge in [0.25, 0.3) is 0 Å². The van der Waals surface area contributed by atoms with Gasteiger partial charge in [-0.15, -0.1) is 0 Å². The van der Waals surface area contributed by atoms with Crippen LogP contribution < -0.4 is 5.43 Å². The number of hydrogen-bond acceptors (Lipinski definition) is 3. The SMILES string of the molecule is CC(=O)/C=N/NCc1ccccc1. The van der Waals surface area contributed by atoms with Crippen LogP contribution in [0.3, 0.4) is 0 Å². The number of nitrogens with one attached hydrogen (secondary N) is 1. The van der Waals surface area contributed by atoms with Gasteiger partial charge in [0, 0.05) is 6.92 Å². The minimum Gasteiger partial charge on any atom is -0.306 e. The van der Waals surface area contributed by atoms with Crippen LogP contribution in [0.15, 0.2) is 35.4 Å². The summed E-state index contributed by atoms with van der Waals surface area (Å²) in [6, 6.07) is 9.88. The maximum absolute atomic E-state index is 10.5. The molecule has 0 fully saturated rings. The number of nitrogens with zero attached hydrogens (tertiary/aromatic N) is 1. The van der Waals surface area contributed by atoms with Crippen LogP contribution >= 0.6 is 0 Å². The van der Waals surface area contributed by atoms with Gasteiger partial charge in [0.1, 0.15) is 0 Å². The van der Waals surface area contributed by atoms with Crippen LogP contribution in [0.25, 0.3) is 0 Å². The van der Waals surface area contributed by atoms with E-state index in [-0.39, 0.29) is 5.78 Å².